The Morgan fingerprint density at radius 3 is 2.38 bits per heavy atom. The van der Waals surface area contributed by atoms with Crippen LogP contribution in [0.5, 0.6) is 0 Å². The van der Waals surface area contributed by atoms with Crippen molar-refractivity contribution in [3.8, 4) is 0 Å². The van der Waals surface area contributed by atoms with Gasteiger partial charge in [0.2, 0.25) is 0 Å². The normalized spacial score (nSPS) is 9.23. The second-order valence-electron chi connectivity index (χ2n) is 2.39. The van der Waals surface area contributed by atoms with Crippen LogP contribution in [0.15, 0.2) is 18.2 Å². The molecule has 0 aliphatic rings. The maximum Gasteiger partial charge on any atom is 0.336 e. The lowest BCUT2D eigenvalue weighted by Crippen LogP contribution is -2.02. The highest BCUT2D eigenvalue weighted by atomic mass is 16.4. The van der Waals surface area contributed by atoms with Gasteiger partial charge in [-0.25, -0.2) is 4.79 Å². The van der Waals surface area contributed by atoms with Crippen molar-refractivity contribution < 1.29 is 19.5 Å². The van der Waals surface area contributed by atoms with E-state index >= 15 is 0 Å². The predicted molar refractivity (Wildman–Crippen MR) is 44.2 cm³/mol. The van der Waals surface area contributed by atoms with E-state index in [1.165, 1.54) is 18.2 Å². The number of rotatable bonds is 3. The van der Waals surface area contributed by atoms with Crippen LogP contribution in [0.2, 0.25) is 0 Å². The van der Waals surface area contributed by atoms with E-state index in [0.717, 1.165) is 0 Å². The highest BCUT2D eigenvalue weighted by Gasteiger charge is 2.09. The van der Waals surface area contributed by atoms with Crippen molar-refractivity contribution in [2.45, 2.75) is 0 Å². The van der Waals surface area contributed by atoms with E-state index in [-0.39, 0.29) is 16.7 Å². The van der Waals surface area contributed by atoms with Gasteiger partial charge in [-0.05, 0) is 12.1 Å². The standard InChI is InChI=1S/C9H6O4/c10-4-6-1-2-8(9(12)13)7(3-6)5-11/h1-5H,(H,12,13). The molecule has 13 heavy (non-hydrogen) atoms. The fourth-order valence-corrected chi connectivity index (χ4v) is 0.947. The summed E-state index contributed by atoms with van der Waals surface area (Å²) in [7, 11) is 0. The van der Waals surface area contributed by atoms with Crippen LogP contribution >= 0.6 is 0 Å². The second kappa shape index (κ2) is 3.62. The third kappa shape index (κ3) is 1.79. The van der Waals surface area contributed by atoms with Crippen molar-refractivity contribution in [2.24, 2.45) is 0 Å². The van der Waals surface area contributed by atoms with Crippen molar-refractivity contribution >= 4 is 18.5 Å². The minimum absolute atomic E-state index is 0.0112. The Morgan fingerprint density at radius 1 is 1.23 bits per heavy atom. The molecule has 0 fully saturated rings. The summed E-state index contributed by atoms with van der Waals surface area (Å²) in [5, 5.41) is 8.61. The van der Waals surface area contributed by atoms with Crippen LogP contribution in [-0.2, 0) is 0 Å². The molecule has 0 saturated carbocycles. The molecule has 1 N–H and O–H groups in total. The molecular formula is C9H6O4. The number of carbonyl (C=O) groups excluding carboxylic acids is 2. The Morgan fingerprint density at radius 2 is 1.92 bits per heavy atom. The molecule has 1 aromatic rings. The van der Waals surface area contributed by atoms with Gasteiger partial charge < -0.3 is 5.11 Å². The van der Waals surface area contributed by atoms with Crippen molar-refractivity contribution in [1.82, 2.24) is 0 Å². The Hall–Kier alpha value is -1.97. The maximum absolute atomic E-state index is 10.5. The first-order valence-corrected chi connectivity index (χ1v) is 3.46. The van der Waals surface area contributed by atoms with Crippen LogP contribution in [0, 0.1) is 0 Å². The molecule has 4 nitrogen and oxygen atoms in total. The number of aldehydes is 2. The monoisotopic (exact) mass is 178 g/mol. The lowest BCUT2D eigenvalue weighted by Gasteiger charge is -1.98. The highest BCUT2D eigenvalue weighted by Crippen LogP contribution is 2.08. The number of aromatic carboxylic acids is 1. The summed E-state index contributed by atoms with van der Waals surface area (Å²) in [6.07, 6.45) is 0.967. The van der Waals surface area contributed by atoms with Crippen molar-refractivity contribution in [3.63, 3.8) is 0 Å². The minimum atomic E-state index is -1.18. The molecule has 0 aliphatic carbocycles. The average Bonchev–Trinajstić information content (AvgIpc) is 2.16. The van der Waals surface area contributed by atoms with Crippen molar-refractivity contribution in [1.29, 1.82) is 0 Å². The van der Waals surface area contributed by atoms with E-state index in [1.807, 2.05) is 0 Å². The zero-order chi connectivity index (χ0) is 9.84. The molecule has 0 bridgehead atoms. The van der Waals surface area contributed by atoms with Gasteiger partial charge in [0.25, 0.3) is 0 Å². The minimum Gasteiger partial charge on any atom is -0.478 e. The summed E-state index contributed by atoms with van der Waals surface area (Å²) in [4.78, 5) is 31.2. The van der Waals surface area contributed by atoms with Crippen LogP contribution in [0.25, 0.3) is 0 Å². The summed E-state index contributed by atoms with van der Waals surface area (Å²) in [6, 6.07) is 3.82. The van der Waals surface area contributed by atoms with E-state index in [1.54, 1.807) is 0 Å². The quantitative estimate of drug-likeness (QED) is 0.701. The van der Waals surface area contributed by atoms with E-state index in [4.69, 9.17) is 5.11 Å². The lowest BCUT2D eigenvalue weighted by molar-refractivity contribution is 0.0693. The zero-order valence-electron chi connectivity index (χ0n) is 6.56. The first kappa shape index (κ1) is 9.12. The first-order chi connectivity index (χ1) is 6.19. The third-order valence-corrected chi connectivity index (χ3v) is 1.57. The fourth-order valence-electron chi connectivity index (χ4n) is 0.947. The summed E-state index contributed by atoms with van der Waals surface area (Å²) in [5.41, 5.74) is 0.199. The third-order valence-electron chi connectivity index (χ3n) is 1.57. The van der Waals surface area contributed by atoms with Gasteiger partial charge in [-0.1, -0.05) is 6.07 Å². The number of hydrogen-bond donors (Lipinski definition) is 1. The lowest BCUT2D eigenvalue weighted by atomic mass is 10.1. The topological polar surface area (TPSA) is 71.4 Å². The SMILES string of the molecule is O=Cc1ccc(C(=O)O)c(C=O)c1. The number of hydrogen-bond acceptors (Lipinski definition) is 3. The molecule has 0 atom stereocenters. The molecule has 0 saturated heterocycles. The number of carbonyl (C=O) groups is 3. The van der Waals surface area contributed by atoms with Gasteiger partial charge in [0.05, 0.1) is 5.56 Å². The molecule has 1 rings (SSSR count). The first-order valence-electron chi connectivity index (χ1n) is 3.46. The molecule has 0 aromatic heterocycles. The molecule has 0 radical (unpaired) electrons. The van der Waals surface area contributed by atoms with E-state index < -0.39 is 5.97 Å². The van der Waals surface area contributed by atoms with Gasteiger partial charge in [-0.15, -0.1) is 0 Å². The smallest absolute Gasteiger partial charge is 0.336 e. The molecule has 66 valence electrons. The van der Waals surface area contributed by atoms with E-state index in [0.29, 0.717) is 12.6 Å². The number of benzene rings is 1. The van der Waals surface area contributed by atoms with Crippen LogP contribution in [0.1, 0.15) is 31.1 Å². The van der Waals surface area contributed by atoms with Crippen molar-refractivity contribution in [3.05, 3.63) is 34.9 Å². The van der Waals surface area contributed by atoms with Gasteiger partial charge >= 0.3 is 5.97 Å². The van der Waals surface area contributed by atoms with Crippen molar-refractivity contribution in [2.75, 3.05) is 0 Å². The summed E-state index contributed by atoms with van der Waals surface area (Å²) < 4.78 is 0. The number of carboxylic acids is 1. The van der Waals surface area contributed by atoms with Gasteiger partial charge in [0.1, 0.15) is 6.29 Å². The molecule has 0 unspecified atom stereocenters. The molecule has 4 heteroatoms. The Bertz CT molecular complexity index is 368. The van der Waals surface area contributed by atoms with Gasteiger partial charge in [0, 0.05) is 11.1 Å². The van der Waals surface area contributed by atoms with Gasteiger partial charge in [-0.3, -0.25) is 9.59 Å². The molecule has 0 amide bonds. The Labute approximate surface area is 73.8 Å². The van der Waals surface area contributed by atoms with Crippen LogP contribution < -0.4 is 0 Å². The summed E-state index contributed by atoms with van der Waals surface area (Å²) in [5.74, 6) is -1.18. The summed E-state index contributed by atoms with van der Waals surface area (Å²) >= 11 is 0. The van der Waals surface area contributed by atoms with Gasteiger partial charge in [-0.2, -0.15) is 0 Å². The highest BCUT2D eigenvalue weighted by molar-refractivity contribution is 5.98. The fraction of sp³-hybridized carbons (Fsp3) is 0. The zero-order valence-corrected chi connectivity index (χ0v) is 6.56. The maximum atomic E-state index is 10.5. The van der Waals surface area contributed by atoms with E-state index in [9.17, 15) is 14.4 Å². The van der Waals surface area contributed by atoms with Gasteiger partial charge in [0.15, 0.2) is 6.29 Å². The molecule has 0 aliphatic heterocycles. The largest absolute Gasteiger partial charge is 0.478 e. The van der Waals surface area contributed by atoms with Crippen LogP contribution in [0.3, 0.4) is 0 Å². The molecular weight excluding hydrogens is 172 g/mol. The van der Waals surface area contributed by atoms with Crippen LogP contribution in [-0.4, -0.2) is 23.6 Å². The molecule has 0 heterocycles. The number of carboxylic acid groups (broad SMARTS) is 1. The predicted octanol–water partition coefficient (Wildman–Crippen LogP) is 1.01. The Balaban J connectivity index is 3.31. The Kier molecular flexibility index (Phi) is 2.54. The van der Waals surface area contributed by atoms with Crippen LogP contribution in [0.4, 0.5) is 0 Å². The van der Waals surface area contributed by atoms with E-state index in [2.05, 4.69) is 0 Å². The molecule has 1 aromatic carbocycles. The molecule has 0 spiro atoms. The summed E-state index contributed by atoms with van der Waals surface area (Å²) in [6.45, 7) is 0. The average molecular weight is 178 g/mol. The second-order valence-corrected chi connectivity index (χ2v) is 2.39.